The highest BCUT2D eigenvalue weighted by Crippen LogP contribution is 2.54. The summed E-state index contributed by atoms with van der Waals surface area (Å²) in [5.41, 5.74) is 3.15. The lowest BCUT2D eigenvalue weighted by Gasteiger charge is -2.28. The molecule has 3 nitrogen and oxygen atoms in total. The molecule has 1 unspecified atom stereocenters. The Bertz CT molecular complexity index is 759. The van der Waals surface area contributed by atoms with Crippen molar-refractivity contribution in [1.82, 2.24) is 0 Å². The lowest BCUT2D eigenvalue weighted by Crippen LogP contribution is -2.08. The first-order valence-corrected chi connectivity index (χ1v) is 8.45. The SMILES string of the molecule is COc1cccc2c1SC(c1ccccc1)C(CC=NO)=C2Cl. The second kappa shape index (κ2) is 7.11. The Morgan fingerprint density at radius 2 is 2.00 bits per heavy atom. The van der Waals surface area contributed by atoms with Gasteiger partial charge in [0, 0.05) is 18.2 Å². The first kappa shape index (κ1) is 16.0. The summed E-state index contributed by atoms with van der Waals surface area (Å²) in [6, 6.07) is 16.0. The van der Waals surface area contributed by atoms with E-state index < -0.39 is 0 Å². The van der Waals surface area contributed by atoms with Crippen LogP contribution in [0.25, 0.3) is 5.03 Å². The summed E-state index contributed by atoms with van der Waals surface area (Å²) in [6.45, 7) is 0. The van der Waals surface area contributed by atoms with Gasteiger partial charge < -0.3 is 9.94 Å². The minimum atomic E-state index is 0.0606. The van der Waals surface area contributed by atoms with Gasteiger partial charge in [-0.3, -0.25) is 0 Å². The zero-order valence-electron chi connectivity index (χ0n) is 12.6. The van der Waals surface area contributed by atoms with Crippen molar-refractivity contribution in [2.45, 2.75) is 16.6 Å². The number of ether oxygens (including phenoxy) is 1. The van der Waals surface area contributed by atoms with Crippen LogP contribution in [0.4, 0.5) is 0 Å². The van der Waals surface area contributed by atoms with E-state index in [1.54, 1.807) is 18.9 Å². The van der Waals surface area contributed by atoms with Gasteiger partial charge in [-0.15, -0.1) is 16.9 Å². The van der Waals surface area contributed by atoms with E-state index in [4.69, 9.17) is 21.5 Å². The van der Waals surface area contributed by atoms with Gasteiger partial charge in [-0.1, -0.05) is 54.1 Å². The van der Waals surface area contributed by atoms with Gasteiger partial charge in [0.1, 0.15) is 5.75 Å². The van der Waals surface area contributed by atoms with Gasteiger partial charge in [-0.05, 0) is 17.2 Å². The van der Waals surface area contributed by atoms with E-state index in [9.17, 15) is 0 Å². The Morgan fingerprint density at radius 3 is 2.70 bits per heavy atom. The molecule has 0 saturated carbocycles. The van der Waals surface area contributed by atoms with Crippen molar-refractivity contribution < 1.29 is 9.94 Å². The summed E-state index contributed by atoms with van der Waals surface area (Å²) >= 11 is 8.40. The molecule has 0 radical (unpaired) electrons. The van der Waals surface area contributed by atoms with E-state index in [0.29, 0.717) is 11.5 Å². The van der Waals surface area contributed by atoms with Crippen LogP contribution < -0.4 is 4.74 Å². The fraction of sp³-hybridized carbons (Fsp3) is 0.167. The smallest absolute Gasteiger partial charge is 0.133 e. The zero-order valence-corrected chi connectivity index (χ0v) is 14.1. The molecule has 2 aromatic carbocycles. The average molecular weight is 346 g/mol. The Morgan fingerprint density at radius 1 is 1.22 bits per heavy atom. The standard InChI is InChI=1S/C18H16ClNO2S/c1-22-15-9-5-8-13-16(19)14(10-11-20-21)17(23-18(13)15)12-6-3-2-4-7-12/h2-9,11,17,21H,10H2,1H3. The van der Waals surface area contributed by atoms with Crippen LogP contribution in [0.1, 0.15) is 22.8 Å². The Hall–Kier alpha value is -1.91. The van der Waals surface area contributed by atoms with Crippen LogP contribution in [0.3, 0.4) is 0 Å². The molecule has 1 aliphatic heterocycles. The van der Waals surface area contributed by atoms with Crippen LogP contribution in [-0.2, 0) is 0 Å². The topological polar surface area (TPSA) is 41.8 Å². The number of benzene rings is 2. The molecule has 0 amide bonds. The van der Waals surface area contributed by atoms with Crippen LogP contribution in [0, 0.1) is 0 Å². The Labute approximate surface area is 144 Å². The third-order valence-corrected chi connectivity index (χ3v) is 5.66. The second-order valence-electron chi connectivity index (χ2n) is 5.09. The maximum atomic E-state index is 8.79. The molecular weight excluding hydrogens is 330 g/mol. The number of nitrogens with zero attached hydrogens (tertiary/aromatic N) is 1. The van der Waals surface area contributed by atoms with Gasteiger partial charge in [0.15, 0.2) is 0 Å². The quantitative estimate of drug-likeness (QED) is 0.462. The van der Waals surface area contributed by atoms with E-state index in [1.807, 2.05) is 36.4 Å². The fourth-order valence-electron chi connectivity index (χ4n) is 2.68. The average Bonchev–Trinajstić information content (AvgIpc) is 2.61. The van der Waals surface area contributed by atoms with E-state index in [2.05, 4.69) is 17.3 Å². The first-order valence-electron chi connectivity index (χ1n) is 7.19. The molecule has 1 aliphatic rings. The van der Waals surface area contributed by atoms with Crippen LogP contribution in [0.5, 0.6) is 5.75 Å². The third kappa shape index (κ3) is 3.09. The van der Waals surface area contributed by atoms with E-state index >= 15 is 0 Å². The normalized spacial score (nSPS) is 17.4. The molecule has 3 rings (SSSR count). The van der Waals surface area contributed by atoms with Gasteiger partial charge in [0.2, 0.25) is 0 Å². The monoisotopic (exact) mass is 345 g/mol. The highest BCUT2D eigenvalue weighted by atomic mass is 35.5. The summed E-state index contributed by atoms with van der Waals surface area (Å²) in [5.74, 6) is 0.821. The number of halogens is 1. The Balaban J connectivity index is 2.15. The number of fused-ring (bicyclic) bond motifs is 1. The van der Waals surface area contributed by atoms with Crippen molar-refractivity contribution in [2.24, 2.45) is 5.16 Å². The fourth-order valence-corrected chi connectivity index (χ4v) is 4.60. The molecular formula is C18H16ClNO2S. The van der Waals surface area contributed by atoms with E-state index in [0.717, 1.165) is 27.3 Å². The van der Waals surface area contributed by atoms with E-state index in [1.165, 1.54) is 6.21 Å². The minimum absolute atomic E-state index is 0.0606. The minimum Gasteiger partial charge on any atom is -0.496 e. The predicted molar refractivity (Wildman–Crippen MR) is 95.7 cm³/mol. The number of rotatable bonds is 4. The van der Waals surface area contributed by atoms with Gasteiger partial charge in [-0.25, -0.2) is 0 Å². The van der Waals surface area contributed by atoms with Gasteiger partial charge >= 0.3 is 0 Å². The number of hydrogen-bond donors (Lipinski definition) is 1. The third-order valence-electron chi connectivity index (χ3n) is 3.76. The molecule has 2 aromatic rings. The maximum absolute atomic E-state index is 8.79. The van der Waals surface area contributed by atoms with Crippen molar-refractivity contribution in [3.05, 3.63) is 65.2 Å². The number of thioether (sulfide) groups is 1. The molecule has 5 heteroatoms. The maximum Gasteiger partial charge on any atom is 0.133 e. The number of hydrogen-bond acceptors (Lipinski definition) is 4. The Kier molecular flexibility index (Phi) is 4.94. The van der Waals surface area contributed by atoms with Gasteiger partial charge in [0.05, 0.1) is 22.3 Å². The summed E-state index contributed by atoms with van der Waals surface area (Å²) < 4.78 is 5.49. The van der Waals surface area contributed by atoms with Gasteiger partial charge in [-0.2, -0.15) is 0 Å². The molecule has 0 aromatic heterocycles. The van der Waals surface area contributed by atoms with Crippen LogP contribution in [0.15, 0.2) is 64.2 Å². The van der Waals surface area contributed by atoms with Crippen molar-refractivity contribution in [1.29, 1.82) is 0 Å². The predicted octanol–water partition coefficient (Wildman–Crippen LogP) is 5.34. The van der Waals surface area contributed by atoms with Crippen molar-refractivity contribution in [2.75, 3.05) is 7.11 Å². The highest BCUT2D eigenvalue weighted by molar-refractivity contribution is 8.00. The molecule has 23 heavy (non-hydrogen) atoms. The first-order chi connectivity index (χ1) is 11.3. The zero-order chi connectivity index (χ0) is 16.2. The van der Waals surface area contributed by atoms with Crippen molar-refractivity contribution in [3.8, 4) is 5.75 Å². The molecule has 0 bridgehead atoms. The highest BCUT2D eigenvalue weighted by Gasteiger charge is 2.29. The molecule has 0 saturated heterocycles. The van der Waals surface area contributed by atoms with Crippen molar-refractivity contribution in [3.63, 3.8) is 0 Å². The summed E-state index contributed by atoms with van der Waals surface area (Å²) in [4.78, 5) is 1.04. The molecule has 0 spiro atoms. The molecule has 1 heterocycles. The lowest BCUT2D eigenvalue weighted by atomic mass is 9.98. The molecule has 1 atom stereocenters. The van der Waals surface area contributed by atoms with E-state index in [-0.39, 0.29) is 5.25 Å². The molecule has 1 N–H and O–H groups in total. The van der Waals surface area contributed by atoms with Crippen molar-refractivity contribution >= 4 is 34.6 Å². The summed E-state index contributed by atoms with van der Waals surface area (Å²) in [5, 5.41) is 12.7. The molecule has 0 fully saturated rings. The molecule has 118 valence electrons. The number of oxime groups is 1. The largest absolute Gasteiger partial charge is 0.496 e. The van der Waals surface area contributed by atoms with Crippen LogP contribution in [-0.4, -0.2) is 18.5 Å². The lowest BCUT2D eigenvalue weighted by molar-refractivity contribution is 0.320. The summed E-state index contributed by atoms with van der Waals surface area (Å²) in [6.07, 6.45) is 1.97. The number of methoxy groups -OCH3 is 1. The van der Waals surface area contributed by atoms with Gasteiger partial charge in [0.25, 0.3) is 0 Å². The summed E-state index contributed by atoms with van der Waals surface area (Å²) in [7, 11) is 1.67. The van der Waals surface area contributed by atoms with Crippen LogP contribution >= 0.6 is 23.4 Å². The van der Waals surface area contributed by atoms with Crippen LogP contribution in [0.2, 0.25) is 0 Å². The molecule has 0 aliphatic carbocycles. The second-order valence-corrected chi connectivity index (χ2v) is 6.58.